The molecule has 0 spiro atoms. The molecule has 0 amide bonds. The highest BCUT2D eigenvalue weighted by atomic mass is 32.2. The molecule has 1 aromatic carbocycles. The molecule has 4 aromatic rings. The van der Waals surface area contributed by atoms with Crippen molar-refractivity contribution in [2.75, 3.05) is 18.9 Å². The monoisotopic (exact) mass is 550 g/mol. The zero-order chi connectivity index (χ0) is 28.1. The summed E-state index contributed by atoms with van der Waals surface area (Å²) in [6.07, 6.45) is 3.94. The Morgan fingerprint density at radius 1 is 1.05 bits per heavy atom. The first-order valence-electron chi connectivity index (χ1n) is 12.9. The van der Waals surface area contributed by atoms with Gasteiger partial charge >= 0.3 is 0 Å². The topological polar surface area (TPSA) is 127 Å². The third kappa shape index (κ3) is 5.07. The minimum absolute atomic E-state index is 0.119. The summed E-state index contributed by atoms with van der Waals surface area (Å²) in [6.45, 7) is 10.9. The number of fused-ring (bicyclic) bond motifs is 2. The quantitative estimate of drug-likeness (QED) is 0.377. The molecule has 12 heteroatoms. The Morgan fingerprint density at radius 2 is 1.82 bits per heavy atom. The number of nitrogens with one attached hydrogen (secondary N) is 2. The molecule has 206 valence electrons. The molecule has 0 saturated heterocycles. The van der Waals surface area contributed by atoms with Gasteiger partial charge < -0.3 is 5.32 Å². The highest BCUT2D eigenvalue weighted by molar-refractivity contribution is 7.87. The Balaban J connectivity index is 1.56. The Labute approximate surface area is 228 Å². The van der Waals surface area contributed by atoms with Gasteiger partial charge in [-0.2, -0.15) is 17.7 Å². The van der Waals surface area contributed by atoms with Gasteiger partial charge in [0.15, 0.2) is 5.65 Å². The van der Waals surface area contributed by atoms with E-state index >= 15 is 0 Å². The highest BCUT2D eigenvalue weighted by Gasteiger charge is 2.26. The van der Waals surface area contributed by atoms with E-state index in [1.165, 1.54) is 11.4 Å². The summed E-state index contributed by atoms with van der Waals surface area (Å²) in [6, 6.07) is 9.59. The van der Waals surface area contributed by atoms with Gasteiger partial charge in [0, 0.05) is 55.4 Å². The van der Waals surface area contributed by atoms with Crippen molar-refractivity contribution in [3.8, 4) is 5.69 Å². The molecule has 0 atom stereocenters. The van der Waals surface area contributed by atoms with Crippen molar-refractivity contribution in [3.63, 3.8) is 0 Å². The van der Waals surface area contributed by atoms with E-state index in [0.717, 1.165) is 28.2 Å². The van der Waals surface area contributed by atoms with E-state index in [-0.39, 0.29) is 23.6 Å². The van der Waals surface area contributed by atoms with Gasteiger partial charge in [0.2, 0.25) is 5.95 Å². The Bertz CT molecular complexity index is 1720. The molecular formula is C27H34N8O3S. The fourth-order valence-electron chi connectivity index (χ4n) is 4.81. The molecule has 0 aliphatic carbocycles. The first-order valence-corrected chi connectivity index (χ1v) is 14.4. The predicted octanol–water partition coefficient (Wildman–Crippen LogP) is 3.42. The third-order valence-electron chi connectivity index (χ3n) is 6.91. The van der Waals surface area contributed by atoms with E-state index in [1.54, 1.807) is 17.1 Å². The van der Waals surface area contributed by atoms with Crippen LogP contribution in [0.5, 0.6) is 0 Å². The van der Waals surface area contributed by atoms with Crippen LogP contribution in [0.4, 0.5) is 11.6 Å². The molecule has 0 fully saturated rings. The SMILES string of the molecule is CNS(=O)(=O)N1CCc2ccc(Nc3ncc4c(=O)n(C(C)C)n(-c5ccnc(C(C)(C)C)c5)c4n3)cc2C1. The van der Waals surface area contributed by atoms with E-state index < -0.39 is 10.2 Å². The molecule has 39 heavy (non-hydrogen) atoms. The number of pyridine rings is 1. The zero-order valence-electron chi connectivity index (χ0n) is 23.1. The van der Waals surface area contributed by atoms with E-state index in [0.29, 0.717) is 29.9 Å². The van der Waals surface area contributed by atoms with Crippen LogP contribution in [0.15, 0.2) is 47.5 Å². The number of anilines is 2. The van der Waals surface area contributed by atoms with Crippen molar-refractivity contribution in [3.05, 3.63) is 69.9 Å². The maximum absolute atomic E-state index is 13.4. The second kappa shape index (κ2) is 9.85. The second-order valence-corrected chi connectivity index (χ2v) is 12.9. The molecule has 5 rings (SSSR count). The van der Waals surface area contributed by atoms with Crippen LogP contribution in [-0.4, -0.2) is 50.6 Å². The summed E-state index contributed by atoms with van der Waals surface area (Å²) in [7, 11) is -2.10. The van der Waals surface area contributed by atoms with Gasteiger partial charge in [-0.25, -0.2) is 19.1 Å². The molecule has 4 heterocycles. The van der Waals surface area contributed by atoms with E-state index in [1.807, 2.05) is 48.9 Å². The summed E-state index contributed by atoms with van der Waals surface area (Å²) in [4.78, 5) is 27.1. The van der Waals surface area contributed by atoms with Crippen LogP contribution in [-0.2, 0) is 28.6 Å². The molecule has 11 nitrogen and oxygen atoms in total. The molecule has 2 N–H and O–H groups in total. The van der Waals surface area contributed by atoms with Gasteiger partial charge in [-0.1, -0.05) is 26.8 Å². The first-order chi connectivity index (χ1) is 18.4. The summed E-state index contributed by atoms with van der Waals surface area (Å²) >= 11 is 0. The fraction of sp³-hybridized carbons (Fsp3) is 0.407. The van der Waals surface area contributed by atoms with Gasteiger partial charge in [0.1, 0.15) is 5.39 Å². The lowest BCUT2D eigenvalue weighted by Gasteiger charge is -2.28. The molecule has 1 aliphatic heterocycles. The maximum atomic E-state index is 13.4. The average Bonchev–Trinajstić information content (AvgIpc) is 3.19. The smallest absolute Gasteiger partial charge is 0.279 e. The van der Waals surface area contributed by atoms with Crippen LogP contribution < -0.4 is 15.6 Å². The number of benzene rings is 1. The summed E-state index contributed by atoms with van der Waals surface area (Å²) in [5, 5.41) is 3.66. The van der Waals surface area contributed by atoms with E-state index in [2.05, 4.69) is 40.8 Å². The molecule has 3 aromatic heterocycles. The van der Waals surface area contributed by atoms with Gasteiger partial charge in [-0.05, 0) is 55.7 Å². The standard InChI is InChI=1S/C27H34N8O3S/c1-17(2)34-25(36)22-15-30-26(32-24(22)35(34)21-9-11-29-23(14-21)27(3,4)5)31-20-8-7-18-10-12-33(16-19(18)13-20)39(37,38)28-6/h7-9,11,13-15,17,28H,10,12,16H2,1-6H3,(H,30,31,32). The predicted molar refractivity (Wildman–Crippen MR) is 152 cm³/mol. The molecule has 0 radical (unpaired) electrons. The number of aromatic nitrogens is 5. The lowest BCUT2D eigenvalue weighted by molar-refractivity contribution is 0.386. The highest BCUT2D eigenvalue weighted by Crippen LogP contribution is 2.27. The fourth-order valence-corrected chi connectivity index (χ4v) is 5.71. The molecule has 0 unspecified atom stereocenters. The van der Waals surface area contributed by atoms with Crippen molar-refractivity contribution < 1.29 is 8.42 Å². The minimum Gasteiger partial charge on any atom is -0.324 e. The van der Waals surface area contributed by atoms with Crippen LogP contribution in [0.25, 0.3) is 16.7 Å². The van der Waals surface area contributed by atoms with Crippen LogP contribution in [0, 0.1) is 0 Å². The number of hydrogen-bond acceptors (Lipinski definition) is 7. The van der Waals surface area contributed by atoms with Crippen molar-refractivity contribution >= 4 is 32.9 Å². The summed E-state index contributed by atoms with van der Waals surface area (Å²) in [5.41, 5.74) is 4.60. The Morgan fingerprint density at radius 3 is 2.51 bits per heavy atom. The summed E-state index contributed by atoms with van der Waals surface area (Å²) < 4.78 is 32.0. The molecule has 0 bridgehead atoms. The van der Waals surface area contributed by atoms with Crippen LogP contribution in [0.3, 0.4) is 0 Å². The second-order valence-electron chi connectivity index (χ2n) is 11.0. The van der Waals surface area contributed by atoms with Gasteiger partial charge in [-0.3, -0.25) is 9.78 Å². The number of rotatable bonds is 6. The minimum atomic E-state index is -3.51. The van der Waals surface area contributed by atoms with E-state index in [9.17, 15) is 13.2 Å². The normalized spacial score (nSPS) is 14.6. The van der Waals surface area contributed by atoms with E-state index in [4.69, 9.17) is 4.98 Å². The van der Waals surface area contributed by atoms with Crippen molar-refractivity contribution in [2.45, 2.75) is 59.0 Å². The number of hydrogen-bond donors (Lipinski definition) is 2. The van der Waals surface area contributed by atoms with Crippen LogP contribution in [0.1, 0.15) is 57.5 Å². The Kier molecular flexibility index (Phi) is 6.81. The van der Waals surface area contributed by atoms with Crippen molar-refractivity contribution in [1.29, 1.82) is 0 Å². The molecular weight excluding hydrogens is 516 g/mol. The van der Waals surface area contributed by atoms with Gasteiger partial charge in [0.25, 0.3) is 15.8 Å². The third-order valence-corrected chi connectivity index (χ3v) is 8.41. The largest absolute Gasteiger partial charge is 0.324 e. The van der Waals surface area contributed by atoms with Crippen molar-refractivity contribution in [2.24, 2.45) is 0 Å². The molecule has 0 saturated carbocycles. The van der Waals surface area contributed by atoms with Gasteiger partial charge in [-0.15, -0.1) is 0 Å². The average molecular weight is 551 g/mol. The molecule has 1 aliphatic rings. The first kappa shape index (κ1) is 27.0. The van der Waals surface area contributed by atoms with Crippen LogP contribution in [0.2, 0.25) is 0 Å². The summed E-state index contributed by atoms with van der Waals surface area (Å²) in [5.74, 6) is 0.331. The lowest BCUT2D eigenvalue weighted by atomic mass is 9.91. The van der Waals surface area contributed by atoms with Crippen molar-refractivity contribution in [1.82, 2.24) is 33.3 Å². The number of nitrogens with zero attached hydrogens (tertiary/aromatic N) is 6. The van der Waals surface area contributed by atoms with Gasteiger partial charge in [0.05, 0.1) is 5.69 Å². The lowest BCUT2D eigenvalue weighted by Crippen LogP contribution is -2.41. The zero-order valence-corrected chi connectivity index (χ0v) is 23.9. The van der Waals surface area contributed by atoms with Crippen LogP contribution >= 0.6 is 0 Å². The Hall–Kier alpha value is -3.61. The maximum Gasteiger partial charge on any atom is 0.279 e.